The maximum Gasteiger partial charge on any atom is 0.324 e. The van der Waals surface area contributed by atoms with Crippen LogP contribution in [0.3, 0.4) is 0 Å². The molecule has 0 saturated carbocycles. The fraction of sp³-hybridized carbons (Fsp3) is 0.188. The normalized spacial score (nSPS) is 12.6. The molecule has 128 valence electrons. The lowest BCUT2D eigenvalue weighted by Crippen LogP contribution is -2.42. The van der Waals surface area contributed by atoms with Crippen LogP contribution in [0.1, 0.15) is 5.56 Å². The van der Waals surface area contributed by atoms with Crippen LogP contribution in [0, 0.1) is 3.57 Å². The summed E-state index contributed by atoms with van der Waals surface area (Å²) in [4.78, 5) is 12.1. The van der Waals surface area contributed by atoms with Gasteiger partial charge in [0.25, 0.3) is 0 Å². The number of sulfonamides is 1. The van der Waals surface area contributed by atoms with E-state index < -0.39 is 22.0 Å². The first-order chi connectivity index (χ1) is 11.3. The van der Waals surface area contributed by atoms with Gasteiger partial charge in [-0.3, -0.25) is 4.79 Å². The number of hydrogen-bond acceptors (Lipinski definition) is 4. The van der Waals surface area contributed by atoms with Crippen LogP contribution >= 0.6 is 34.2 Å². The Morgan fingerprint density at radius 2 is 1.75 bits per heavy atom. The summed E-state index contributed by atoms with van der Waals surface area (Å²) >= 11 is 7.92. The highest BCUT2D eigenvalue weighted by atomic mass is 127. The third-order valence-electron chi connectivity index (χ3n) is 3.26. The molecule has 0 spiro atoms. The standard InChI is InChI=1S/C16H15ClINO4S/c1-23-16(20)15(10-11-2-4-12(17)5-3-11)19-24(21,22)14-8-6-13(18)7-9-14/h2-9,15,19H,10H2,1H3. The SMILES string of the molecule is COC(=O)C(Cc1ccc(Cl)cc1)NS(=O)(=O)c1ccc(I)cc1. The van der Waals surface area contributed by atoms with Crippen molar-refractivity contribution in [3.63, 3.8) is 0 Å². The van der Waals surface area contributed by atoms with Crippen molar-refractivity contribution in [3.8, 4) is 0 Å². The Hall–Kier alpha value is -1.16. The summed E-state index contributed by atoms with van der Waals surface area (Å²) in [6.07, 6.45) is 0.160. The lowest BCUT2D eigenvalue weighted by Gasteiger charge is -2.17. The van der Waals surface area contributed by atoms with Gasteiger partial charge in [-0.05, 0) is 71.0 Å². The van der Waals surface area contributed by atoms with E-state index in [1.807, 2.05) is 0 Å². The van der Waals surface area contributed by atoms with Crippen LogP contribution in [0.2, 0.25) is 5.02 Å². The van der Waals surface area contributed by atoms with Gasteiger partial charge in [0.05, 0.1) is 12.0 Å². The molecule has 0 bridgehead atoms. The fourth-order valence-corrected chi connectivity index (χ4v) is 3.71. The minimum Gasteiger partial charge on any atom is -0.468 e. The largest absolute Gasteiger partial charge is 0.468 e. The molecule has 2 rings (SSSR count). The van der Waals surface area contributed by atoms with Crippen molar-refractivity contribution in [2.45, 2.75) is 17.4 Å². The van der Waals surface area contributed by atoms with Crippen LogP contribution in [-0.2, 0) is 26.0 Å². The number of rotatable bonds is 6. The number of halogens is 2. The second-order valence-corrected chi connectivity index (χ2v) is 8.38. The molecular weight excluding hydrogens is 465 g/mol. The van der Waals surface area contributed by atoms with E-state index in [1.165, 1.54) is 19.2 Å². The Labute approximate surface area is 159 Å². The van der Waals surface area contributed by atoms with Crippen molar-refractivity contribution in [2.24, 2.45) is 0 Å². The number of hydrogen-bond donors (Lipinski definition) is 1. The van der Waals surface area contributed by atoms with Crippen LogP contribution in [0.25, 0.3) is 0 Å². The summed E-state index contributed by atoms with van der Waals surface area (Å²) in [5.74, 6) is -0.654. The summed E-state index contributed by atoms with van der Waals surface area (Å²) in [5, 5.41) is 0.563. The number of benzene rings is 2. The Bertz CT molecular complexity index is 807. The minimum atomic E-state index is -3.84. The first kappa shape index (κ1) is 19.2. The van der Waals surface area contributed by atoms with Gasteiger partial charge in [0, 0.05) is 8.59 Å². The Kier molecular flexibility index (Phi) is 6.62. The van der Waals surface area contributed by atoms with Crippen LogP contribution in [0.4, 0.5) is 0 Å². The first-order valence-corrected chi connectivity index (χ1v) is 9.86. The van der Waals surface area contributed by atoms with Gasteiger partial charge in [0.2, 0.25) is 10.0 Å². The zero-order valence-corrected chi connectivity index (χ0v) is 16.4. The summed E-state index contributed by atoms with van der Waals surface area (Å²) in [7, 11) is -2.62. The Morgan fingerprint density at radius 3 is 2.29 bits per heavy atom. The maximum atomic E-state index is 12.5. The van der Waals surface area contributed by atoms with Gasteiger partial charge < -0.3 is 4.74 Å². The van der Waals surface area contributed by atoms with E-state index in [0.29, 0.717) is 5.02 Å². The van der Waals surface area contributed by atoms with E-state index in [9.17, 15) is 13.2 Å². The topological polar surface area (TPSA) is 72.5 Å². The number of esters is 1. The molecule has 1 unspecified atom stereocenters. The molecule has 0 aromatic heterocycles. The van der Waals surface area contributed by atoms with Gasteiger partial charge in [0.15, 0.2) is 0 Å². The zero-order chi connectivity index (χ0) is 17.7. The van der Waals surface area contributed by atoms with E-state index >= 15 is 0 Å². The number of carbonyl (C=O) groups is 1. The molecule has 0 saturated heterocycles. The maximum absolute atomic E-state index is 12.5. The van der Waals surface area contributed by atoms with Gasteiger partial charge in [-0.25, -0.2) is 8.42 Å². The smallest absolute Gasteiger partial charge is 0.324 e. The van der Waals surface area contributed by atoms with E-state index in [0.717, 1.165) is 9.13 Å². The van der Waals surface area contributed by atoms with Gasteiger partial charge in [0.1, 0.15) is 6.04 Å². The van der Waals surface area contributed by atoms with Crippen LogP contribution in [-0.4, -0.2) is 27.5 Å². The molecule has 2 aromatic carbocycles. The molecule has 24 heavy (non-hydrogen) atoms. The number of nitrogens with one attached hydrogen (secondary N) is 1. The highest BCUT2D eigenvalue weighted by molar-refractivity contribution is 14.1. The number of carbonyl (C=O) groups excluding carboxylic acids is 1. The summed E-state index contributed by atoms with van der Waals surface area (Å²) < 4.78 is 33.0. The van der Waals surface area contributed by atoms with Crippen molar-refractivity contribution in [1.82, 2.24) is 4.72 Å². The van der Waals surface area contributed by atoms with Gasteiger partial charge in [-0.2, -0.15) is 4.72 Å². The summed E-state index contributed by atoms with van der Waals surface area (Å²) in [5.41, 5.74) is 0.764. The molecule has 0 heterocycles. The van der Waals surface area contributed by atoms with E-state index in [-0.39, 0.29) is 11.3 Å². The average Bonchev–Trinajstić information content (AvgIpc) is 2.55. The molecule has 0 aliphatic rings. The Balaban J connectivity index is 2.23. The second-order valence-electron chi connectivity index (χ2n) is 4.98. The van der Waals surface area contributed by atoms with Crippen LogP contribution < -0.4 is 4.72 Å². The average molecular weight is 480 g/mol. The van der Waals surface area contributed by atoms with E-state index in [2.05, 4.69) is 27.3 Å². The van der Waals surface area contributed by atoms with Crippen LogP contribution in [0.15, 0.2) is 53.4 Å². The molecule has 0 fully saturated rings. The van der Waals surface area contributed by atoms with Gasteiger partial charge in [-0.1, -0.05) is 23.7 Å². The van der Waals surface area contributed by atoms with Crippen molar-refractivity contribution in [3.05, 3.63) is 62.7 Å². The van der Waals surface area contributed by atoms with Gasteiger partial charge >= 0.3 is 5.97 Å². The molecule has 8 heteroatoms. The second kappa shape index (κ2) is 8.28. The van der Waals surface area contributed by atoms with E-state index in [1.54, 1.807) is 36.4 Å². The molecule has 0 amide bonds. The van der Waals surface area contributed by atoms with E-state index in [4.69, 9.17) is 16.3 Å². The molecule has 5 nitrogen and oxygen atoms in total. The summed E-state index contributed by atoms with van der Waals surface area (Å²) in [6, 6.07) is 12.1. The highest BCUT2D eigenvalue weighted by Crippen LogP contribution is 2.15. The lowest BCUT2D eigenvalue weighted by molar-refractivity contribution is -0.142. The van der Waals surface area contributed by atoms with Gasteiger partial charge in [-0.15, -0.1) is 0 Å². The Morgan fingerprint density at radius 1 is 1.17 bits per heavy atom. The predicted octanol–water partition coefficient (Wildman–Crippen LogP) is 3.01. The quantitative estimate of drug-likeness (QED) is 0.511. The molecule has 1 atom stereocenters. The molecule has 2 aromatic rings. The fourth-order valence-electron chi connectivity index (χ4n) is 2.04. The number of methoxy groups -OCH3 is 1. The van der Waals surface area contributed by atoms with Crippen LogP contribution in [0.5, 0.6) is 0 Å². The lowest BCUT2D eigenvalue weighted by atomic mass is 10.1. The third-order valence-corrected chi connectivity index (χ3v) is 5.72. The summed E-state index contributed by atoms with van der Waals surface area (Å²) in [6.45, 7) is 0. The predicted molar refractivity (Wildman–Crippen MR) is 100 cm³/mol. The van der Waals surface area contributed by atoms with Crippen molar-refractivity contribution in [1.29, 1.82) is 0 Å². The molecule has 0 radical (unpaired) electrons. The molecule has 0 aliphatic heterocycles. The minimum absolute atomic E-state index is 0.0907. The van der Waals surface area contributed by atoms with Crippen molar-refractivity contribution >= 4 is 50.2 Å². The van der Waals surface area contributed by atoms with Crippen molar-refractivity contribution in [2.75, 3.05) is 7.11 Å². The highest BCUT2D eigenvalue weighted by Gasteiger charge is 2.26. The monoisotopic (exact) mass is 479 g/mol. The first-order valence-electron chi connectivity index (χ1n) is 6.92. The van der Waals surface area contributed by atoms with Crippen molar-refractivity contribution < 1.29 is 17.9 Å². The molecular formula is C16H15ClINO4S. The zero-order valence-electron chi connectivity index (χ0n) is 12.7. The molecule has 1 N–H and O–H groups in total. The molecule has 0 aliphatic carbocycles. The third kappa shape index (κ3) is 5.17. The number of ether oxygens (including phenoxy) is 1.